The minimum atomic E-state index is -2.12. The van der Waals surface area contributed by atoms with Crippen molar-refractivity contribution in [1.29, 1.82) is 0 Å². The fraction of sp³-hybridized carbons (Fsp3) is 0.0385. The van der Waals surface area contributed by atoms with E-state index >= 15 is 0 Å². The lowest BCUT2D eigenvalue weighted by molar-refractivity contribution is -0.0000201. The molecule has 4 aromatic carbocycles. The lowest BCUT2D eigenvalue weighted by atomic mass is 10.2. The third-order valence-electron chi connectivity index (χ3n) is 5.11. The van der Waals surface area contributed by atoms with Gasteiger partial charge in [-0.3, -0.25) is 0 Å². The van der Waals surface area contributed by atoms with Gasteiger partial charge in [-0.1, -0.05) is 54.6 Å². The molecule has 0 saturated carbocycles. The van der Waals surface area contributed by atoms with Crippen molar-refractivity contribution in [2.45, 2.75) is 0 Å². The van der Waals surface area contributed by atoms with Crippen molar-refractivity contribution in [2.24, 2.45) is 0 Å². The maximum atomic E-state index is 12.0. The normalized spacial score (nSPS) is 10.7. The van der Waals surface area contributed by atoms with E-state index in [0.717, 1.165) is 0 Å². The van der Waals surface area contributed by atoms with Gasteiger partial charge in [-0.2, -0.15) is 0 Å². The minimum absolute atomic E-state index is 0. The molecule has 2 nitrogen and oxygen atoms in total. The second-order valence-electron chi connectivity index (χ2n) is 6.72. The summed E-state index contributed by atoms with van der Waals surface area (Å²) in [6, 6.07) is 39.9. The number of methoxy groups -OCH3 is 1. The lowest BCUT2D eigenvalue weighted by Gasteiger charge is -2.27. The van der Waals surface area contributed by atoms with Crippen molar-refractivity contribution in [2.75, 3.05) is 7.11 Å². The summed E-state index contributed by atoms with van der Waals surface area (Å²) in [5.41, 5.74) is 0.559. The molecule has 0 bridgehead atoms. The van der Waals surface area contributed by atoms with Crippen LogP contribution in [-0.4, -0.2) is 13.1 Å². The Morgan fingerprint density at radius 1 is 0.567 bits per heavy atom. The average Bonchev–Trinajstić information content (AvgIpc) is 2.82. The molecule has 0 aliphatic carbocycles. The summed E-state index contributed by atoms with van der Waals surface area (Å²) in [7, 11) is -0.708. The second-order valence-corrected chi connectivity index (χ2v) is 10.1. The number of halogens is 1. The van der Waals surface area contributed by atoms with Crippen LogP contribution in [0.2, 0.25) is 0 Å². The van der Waals surface area contributed by atoms with Gasteiger partial charge in [0.1, 0.15) is 28.5 Å². The van der Waals surface area contributed by atoms with Crippen LogP contribution in [0, 0.1) is 0 Å². The zero-order valence-electron chi connectivity index (χ0n) is 16.6. The highest BCUT2D eigenvalue weighted by molar-refractivity contribution is 8.01. The van der Waals surface area contributed by atoms with E-state index in [-0.39, 0.29) is 18.4 Å². The zero-order valence-corrected chi connectivity index (χ0v) is 18.3. The Labute approximate surface area is 184 Å². The maximum absolute atomic E-state index is 12.0. The van der Waals surface area contributed by atoms with Crippen LogP contribution in [0.1, 0.15) is 10.4 Å². The Morgan fingerprint density at radius 3 is 1.23 bits per heavy atom. The summed E-state index contributed by atoms with van der Waals surface area (Å²) in [4.78, 5) is 12.0. The van der Waals surface area contributed by atoms with E-state index in [2.05, 4.69) is 103 Å². The molecule has 0 aliphatic heterocycles. The highest BCUT2D eigenvalue weighted by Crippen LogP contribution is 2.54. The third kappa shape index (κ3) is 3.89. The van der Waals surface area contributed by atoms with E-state index in [4.69, 9.17) is 4.74 Å². The molecule has 4 aromatic rings. The Hall–Kier alpha value is -2.93. The molecule has 4 rings (SSSR count). The van der Waals surface area contributed by atoms with E-state index in [1.807, 2.05) is 12.1 Å². The van der Waals surface area contributed by atoms with Gasteiger partial charge in [0.25, 0.3) is 0 Å². The van der Waals surface area contributed by atoms with Crippen molar-refractivity contribution < 1.29 is 21.9 Å². The van der Waals surface area contributed by atoms with Gasteiger partial charge in [0.15, 0.2) is 0 Å². The topological polar surface area (TPSA) is 26.3 Å². The molecular weight excluding hydrogens is 411 g/mol. The Morgan fingerprint density at radius 2 is 0.900 bits per heavy atom. The molecule has 0 amide bonds. The number of hydrogen-bond acceptors (Lipinski definition) is 2. The van der Waals surface area contributed by atoms with Crippen LogP contribution in [-0.2, 0) is 4.74 Å². The zero-order chi connectivity index (χ0) is 20.1. The highest BCUT2D eigenvalue weighted by Gasteiger charge is 2.47. The summed E-state index contributed by atoms with van der Waals surface area (Å²) < 4.78 is 4.89. The smallest absolute Gasteiger partial charge is 0.337 e. The molecule has 0 fully saturated rings. The molecule has 30 heavy (non-hydrogen) atoms. The molecule has 0 N–H and O–H groups in total. The summed E-state index contributed by atoms with van der Waals surface area (Å²) in [5.74, 6) is -0.320. The number of rotatable bonds is 5. The predicted octanol–water partition coefficient (Wildman–Crippen LogP) is 1.10. The summed E-state index contributed by atoms with van der Waals surface area (Å²) in [6.07, 6.45) is 0. The van der Waals surface area contributed by atoms with Crippen LogP contribution < -0.4 is 33.6 Å². The Balaban J connectivity index is 0.00000256. The fourth-order valence-electron chi connectivity index (χ4n) is 3.79. The van der Waals surface area contributed by atoms with Gasteiger partial charge < -0.3 is 17.1 Å². The van der Waals surface area contributed by atoms with Gasteiger partial charge in [0.2, 0.25) is 0 Å². The number of hydrogen-bond donors (Lipinski definition) is 0. The van der Waals surface area contributed by atoms with E-state index in [1.165, 1.54) is 28.3 Å². The van der Waals surface area contributed by atoms with E-state index < -0.39 is 7.26 Å². The molecule has 0 aromatic heterocycles. The van der Waals surface area contributed by atoms with Crippen LogP contribution in [0.15, 0.2) is 115 Å². The molecule has 150 valence electrons. The van der Waals surface area contributed by atoms with Crippen molar-refractivity contribution in [3.8, 4) is 0 Å². The van der Waals surface area contributed by atoms with Gasteiger partial charge in [-0.05, 0) is 60.7 Å². The van der Waals surface area contributed by atoms with Crippen molar-refractivity contribution in [3.05, 3.63) is 121 Å². The first-order valence-corrected chi connectivity index (χ1v) is 11.3. The van der Waals surface area contributed by atoms with Crippen LogP contribution in [0.4, 0.5) is 0 Å². The summed E-state index contributed by atoms with van der Waals surface area (Å²) in [6.45, 7) is 0. The van der Waals surface area contributed by atoms with Crippen LogP contribution in [0.3, 0.4) is 0 Å². The van der Waals surface area contributed by atoms with Gasteiger partial charge in [-0.25, -0.2) is 4.79 Å². The molecule has 4 heteroatoms. The molecule has 0 radical (unpaired) electrons. The third-order valence-corrected chi connectivity index (χ3v) is 9.40. The minimum Gasteiger partial charge on any atom is -1.00 e. The maximum Gasteiger partial charge on any atom is 0.337 e. The predicted molar refractivity (Wildman–Crippen MR) is 123 cm³/mol. The first-order valence-electron chi connectivity index (χ1n) is 9.51. The van der Waals surface area contributed by atoms with Crippen molar-refractivity contribution >= 4 is 34.4 Å². The van der Waals surface area contributed by atoms with E-state index in [9.17, 15) is 4.79 Å². The fourth-order valence-corrected chi connectivity index (χ4v) is 8.03. The lowest BCUT2D eigenvalue weighted by Crippen LogP contribution is -3.00. The van der Waals surface area contributed by atoms with Gasteiger partial charge in [0.05, 0.1) is 12.7 Å². The van der Waals surface area contributed by atoms with E-state index in [0.29, 0.717) is 5.56 Å². The molecule has 0 heterocycles. The van der Waals surface area contributed by atoms with Crippen LogP contribution in [0.5, 0.6) is 0 Å². The molecule has 0 atom stereocenters. The number of ether oxygens (including phenoxy) is 1. The second kappa shape index (κ2) is 9.71. The number of carbonyl (C=O) groups is 1. The number of esters is 1. The molecule has 0 saturated heterocycles. The van der Waals surface area contributed by atoms with Crippen molar-refractivity contribution in [3.63, 3.8) is 0 Å². The average molecular weight is 433 g/mol. The molecule has 0 unspecified atom stereocenters. The summed E-state index contributed by atoms with van der Waals surface area (Å²) >= 11 is 0. The summed E-state index contributed by atoms with van der Waals surface area (Å²) in [5, 5.41) is 5.04. The van der Waals surface area contributed by atoms with Crippen LogP contribution in [0.25, 0.3) is 0 Å². The molecule has 0 aliphatic rings. The Kier molecular flexibility index (Phi) is 7.05. The van der Waals surface area contributed by atoms with Gasteiger partial charge in [0, 0.05) is 0 Å². The monoisotopic (exact) mass is 432 g/mol. The Bertz CT molecular complexity index is 986. The number of carbonyl (C=O) groups excluding carboxylic acids is 1. The first-order chi connectivity index (χ1) is 14.3. The quantitative estimate of drug-likeness (QED) is 0.349. The SMILES string of the molecule is COC(=O)c1ccc([P+](c2ccccc2)(c2ccccc2)c2ccccc2)cc1.[Cl-]. The first kappa shape index (κ1) is 21.8. The van der Waals surface area contributed by atoms with E-state index in [1.54, 1.807) is 0 Å². The van der Waals surface area contributed by atoms with Gasteiger partial charge >= 0.3 is 5.97 Å². The number of benzene rings is 4. The standard InChI is InChI=1S/C26H22O2P.ClH/c1-28-26(27)21-17-19-25(20-18-21)29(22-11-5-2-6-12-22,23-13-7-3-8-14-23)24-15-9-4-10-16-24;/h2-20H,1H3;1H/q+1;/p-1. The highest BCUT2D eigenvalue weighted by atomic mass is 35.5. The van der Waals surface area contributed by atoms with Gasteiger partial charge in [-0.15, -0.1) is 0 Å². The van der Waals surface area contributed by atoms with Crippen molar-refractivity contribution in [1.82, 2.24) is 0 Å². The molecular formula is C26H22ClO2P. The molecule has 0 spiro atoms. The van der Waals surface area contributed by atoms with Crippen LogP contribution >= 0.6 is 7.26 Å². The largest absolute Gasteiger partial charge is 1.00 e.